The molecule has 3 N–H and O–H groups in total. The van der Waals surface area contributed by atoms with Gasteiger partial charge in [0.05, 0.1) is 42.7 Å². The summed E-state index contributed by atoms with van der Waals surface area (Å²) in [5.74, 6) is 5.70. The number of aromatic nitrogens is 1. The van der Waals surface area contributed by atoms with Crippen LogP contribution in [0.25, 0.3) is 10.9 Å². The largest absolute Gasteiger partial charge is 0.495 e. The summed E-state index contributed by atoms with van der Waals surface area (Å²) in [5, 5.41) is 17.1. The van der Waals surface area contributed by atoms with Crippen LogP contribution >= 0.6 is 0 Å². The lowest BCUT2D eigenvalue weighted by molar-refractivity contribution is 0.0696. The first kappa shape index (κ1) is 24.4. The van der Waals surface area contributed by atoms with Crippen LogP contribution in [-0.4, -0.2) is 67.1 Å². The van der Waals surface area contributed by atoms with Crippen molar-refractivity contribution in [3.63, 3.8) is 0 Å². The Kier molecular flexibility index (Phi) is 7.78. The average molecular weight is 479 g/mol. The van der Waals surface area contributed by atoms with Crippen molar-refractivity contribution in [2.24, 2.45) is 0 Å². The molecule has 0 bridgehead atoms. The van der Waals surface area contributed by atoms with Crippen molar-refractivity contribution in [1.29, 1.82) is 0 Å². The number of carboxylic acid groups (broad SMARTS) is 1. The maximum atomic E-state index is 13.4. The van der Waals surface area contributed by atoms with Crippen molar-refractivity contribution >= 4 is 28.2 Å². The number of fused-ring (bicyclic) bond motifs is 1. The summed E-state index contributed by atoms with van der Waals surface area (Å²) in [7, 11) is 3.64. The van der Waals surface area contributed by atoms with Crippen LogP contribution in [0.5, 0.6) is 5.75 Å². The van der Waals surface area contributed by atoms with Crippen molar-refractivity contribution in [2.75, 3.05) is 51.1 Å². The van der Waals surface area contributed by atoms with E-state index in [1.54, 1.807) is 6.07 Å². The predicted molar refractivity (Wildman–Crippen MR) is 137 cm³/mol. The normalized spacial score (nSPS) is 14.4. The van der Waals surface area contributed by atoms with E-state index < -0.39 is 12.6 Å². The molecule has 1 aliphatic rings. The summed E-state index contributed by atoms with van der Waals surface area (Å²) >= 11 is 0. The number of hydrogen-bond acceptors (Lipinski definition) is 5. The second kappa shape index (κ2) is 11.2. The quantitative estimate of drug-likeness (QED) is 0.420. The van der Waals surface area contributed by atoms with Crippen LogP contribution < -0.4 is 15.4 Å². The topological polar surface area (TPSA) is 78.8 Å². The number of halogens is 1. The molecule has 1 aliphatic heterocycles. The molecular weight excluding hydrogens is 447 g/mol. The van der Waals surface area contributed by atoms with Gasteiger partial charge in [-0.25, -0.2) is 9.18 Å². The molecule has 0 radical (unpaired) electrons. The number of piperidine rings is 1. The van der Waals surface area contributed by atoms with Crippen LogP contribution in [0.3, 0.4) is 0 Å². The third kappa shape index (κ3) is 5.69. The first-order valence-electron chi connectivity index (χ1n) is 11.8. The molecule has 1 aromatic heterocycles. The third-order valence-electron chi connectivity index (χ3n) is 6.36. The maximum absolute atomic E-state index is 13.4. The van der Waals surface area contributed by atoms with Crippen molar-refractivity contribution in [3.8, 4) is 17.6 Å². The van der Waals surface area contributed by atoms with E-state index in [-0.39, 0.29) is 12.1 Å². The monoisotopic (exact) mass is 478 g/mol. The van der Waals surface area contributed by atoms with Crippen LogP contribution in [0.1, 0.15) is 28.9 Å². The Balaban J connectivity index is 1.53. The van der Waals surface area contributed by atoms with E-state index >= 15 is 0 Å². The zero-order chi connectivity index (χ0) is 24.8. The molecule has 2 heterocycles. The molecule has 7 nitrogen and oxygen atoms in total. The number of carboxylic acids is 1. The number of rotatable bonds is 8. The van der Waals surface area contributed by atoms with E-state index in [2.05, 4.69) is 40.5 Å². The molecule has 0 saturated carbocycles. The number of aromatic carboxylic acids is 1. The van der Waals surface area contributed by atoms with Crippen molar-refractivity contribution < 1.29 is 19.0 Å². The molecule has 0 atom stereocenters. The minimum Gasteiger partial charge on any atom is -0.495 e. The second-order valence-electron chi connectivity index (χ2n) is 8.71. The zero-order valence-corrected chi connectivity index (χ0v) is 20.1. The molecule has 8 heteroatoms. The number of hydrogen-bond donors (Lipinski definition) is 3. The summed E-state index contributed by atoms with van der Waals surface area (Å²) in [6.07, 6.45) is 2.18. The molecule has 2 aromatic carbocycles. The Morgan fingerprint density at radius 3 is 2.71 bits per heavy atom. The van der Waals surface area contributed by atoms with Gasteiger partial charge in [0, 0.05) is 17.1 Å². The fraction of sp³-hybridized carbons (Fsp3) is 0.370. The third-order valence-corrected chi connectivity index (χ3v) is 6.36. The standard InChI is InChI=1S/C27H31FN4O3/c1-31-14-10-20(11-15-31)30-23-6-3-7-25-22(23)18-21(32(25)16-12-28)5-4-13-29-24-9-8-19(27(33)34)17-26(24)35-2/h3,6-9,17-18,20,29-30H,10-16H2,1-2H3,(H,33,34). The Morgan fingerprint density at radius 2 is 2.00 bits per heavy atom. The summed E-state index contributed by atoms with van der Waals surface area (Å²) < 4.78 is 20.6. The highest BCUT2D eigenvalue weighted by Gasteiger charge is 2.18. The number of ether oxygens (including phenoxy) is 1. The highest BCUT2D eigenvalue weighted by molar-refractivity contribution is 5.94. The molecule has 35 heavy (non-hydrogen) atoms. The van der Waals surface area contributed by atoms with Crippen LogP contribution in [0.15, 0.2) is 42.5 Å². The predicted octanol–water partition coefficient (Wildman–Crippen LogP) is 4.29. The van der Waals surface area contributed by atoms with Crippen LogP contribution in [0.2, 0.25) is 0 Å². The molecule has 0 aliphatic carbocycles. The van der Waals surface area contributed by atoms with Gasteiger partial charge in [0.25, 0.3) is 0 Å². The van der Waals surface area contributed by atoms with Gasteiger partial charge in [0.1, 0.15) is 12.4 Å². The highest BCUT2D eigenvalue weighted by Crippen LogP contribution is 2.29. The van der Waals surface area contributed by atoms with Gasteiger partial charge in [-0.2, -0.15) is 0 Å². The number of alkyl halides is 1. The van der Waals surface area contributed by atoms with Gasteiger partial charge in [-0.05, 0) is 75.3 Å². The number of carbonyl (C=O) groups is 1. The molecule has 1 saturated heterocycles. The Hall–Kier alpha value is -3.70. The van der Waals surface area contributed by atoms with Crippen LogP contribution in [-0.2, 0) is 6.54 Å². The summed E-state index contributed by atoms with van der Waals surface area (Å²) in [6.45, 7) is 2.23. The van der Waals surface area contributed by atoms with Gasteiger partial charge in [0.15, 0.2) is 0 Å². The first-order chi connectivity index (χ1) is 17.0. The molecule has 1 fully saturated rings. The molecule has 4 rings (SSSR count). The van der Waals surface area contributed by atoms with E-state index in [9.17, 15) is 9.18 Å². The van der Waals surface area contributed by atoms with Crippen molar-refractivity contribution in [2.45, 2.75) is 25.4 Å². The lowest BCUT2D eigenvalue weighted by atomic mass is 10.0. The van der Waals surface area contributed by atoms with Gasteiger partial charge >= 0.3 is 5.97 Å². The number of benzene rings is 2. The van der Waals surface area contributed by atoms with Crippen LogP contribution in [0, 0.1) is 11.8 Å². The second-order valence-corrected chi connectivity index (χ2v) is 8.71. The number of anilines is 2. The number of nitrogens with one attached hydrogen (secondary N) is 2. The zero-order valence-electron chi connectivity index (χ0n) is 20.1. The lowest BCUT2D eigenvalue weighted by Crippen LogP contribution is -2.36. The molecule has 0 unspecified atom stereocenters. The van der Waals surface area contributed by atoms with Crippen molar-refractivity contribution in [3.05, 3.63) is 53.7 Å². The van der Waals surface area contributed by atoms with Gasteiger partial charge in [-0.3, -0.25) is 0 Å². The average Bonchev–Trinajstić information content (AvgIpc) is 3.21. The molecule has 0 spiro atoms. The van der Waals surface area contributed by atoms with Crippen molar-refractivity contribution in [1.82, 2.24) is 9.47 Å². The lowest BCUT2D eigenvalue weighted by Gasteiger charge is -2.30. The van der Waals surface area contributed by atoms with E-state index in [1.807, 2.05) is 22.8 Å². The number of nitrogens with zero attached hydrogens (tertiary/aromatic N) is 2. The van der Waals surface area contributed by atoms with E-state index in [1.165, 1.54) is 19.2 Å². The Bertz CT molecular complexity index is 1250. The summed E-state index contributed by atoms with van der Waals surface area (Å²) in [4.78, 5) is 13.5. The Labute approximate surface area is 204 Å². The minimum atomic E-state index is -1.01. The molecule has 184 valence electrons. The summed E-state index contributed by atoms with van der Waals surface area (Å²) in [6, 6.07) is 13.2. The van der Waals surface area contributed by atoms with Gasteiger partial charge in [-0.1, -0.05) is 12.0 Å². The van der Waals surface area contributed by atoms with E-state index in [0.29, 0.717) is 24.0 Å². The van der Waals surface area contributed by atoms with Gasteiger partial charge < -0.3 is 29.9 Å². The maximum Gasteiger partial charge on any atom is 0.335 e. The number of likely N-dealkylation sites (tertiary alicyclic amines) is 1. The van der Waals surface area contributed by atoms with Gasteiger partial charge in [0.2, 0.25) is 0 Å². The fourth-order valence-electron chi connectivity index (χ4n) is 4.46. The number of aryl methyl sites for hydroxylation is 1. The smallest absolute Gasteiger partial charge is 0.335 e. The molecular formula is C27H31FN4O3. The van der Waals surface area contributed by atoms with E-state index in [4.69, 9.17) is 9.84 Å². The van der Waals surface area contributed by atoms with Gasteiger partial charge in [-0.15, -0.1) is 0 Å². The Morgan fingerprint density at radius 1 is 1.20 bits per heavy atom. The fourth-order valence-corrected chi connectivity index (χ4v) is 4.46. The van der Waals surface area contributed by atoms with Crippen LogP contribution in [0.4, 0.5) is 15.8 Å². The number of methoxy groups -OCH3 is 1. The highest BCUT2D eigenvalue weighted by atomic mass is 19.1. The molecule has 0 amide bonds. The van der Waals surface area contributed by atoms with E-state index in [0.717, 1.165) is 48.2 Å². The minimum absolute atomic E-state index is 0.152. The first-order valence-corrected chi connectivity index (χ1v) is 11.8. The SMILES string of the molecule is COc1cc(C(=O)O)ccc1NCC#Cc1cc2c(NC3CCN(C)CC3)cccc2n1CCF. The molecule has 3 aromatic rings. The summed E-state index contributed by atoms with van der Waals surface area (Å²) in [5.41, 5.74) is 3.58.